The molecule has 1 atom stereocenters. The predicted octanol–water partition coefficient (Wildman–Crippen LogP) is 1.36. The van der Waals surface area contributed by atoms with Gasteiger partial charge in [0.2, 0.25) is 11.9 Å². The molecule has 0 radical (unpaired) electrons. The Morgan fingerprint density at radius 3 is 2.90 bits per heavy atom. The molecule has 0 spiro atoms. The van der Waals surface area contributed by atoms with Gasteiger partial charge in [-0.05, 0) is 6.07 Å². The zero-order valence-corrected chi connectivity index (χ0v) is 13.3. The van der Waals surface area contributed by atoms with Gasteiger partial charge in [-0.15, -0.1) is 0 Å². The molecule has 112 valence electrons. The standard InChI is InChI=1S/C12H17N7S2/c1-13-10-16-11(14-7-9-8-20-5-6-21-9)18-12(17-10)19-4-2-3-15-19/h2-4,9H,5-8H2,1H3,(H2,13,14,16,17,18). The first-order chi connectivity index (χ1) is 10.3. The van der Waals surface area contributed by atoms with Crippen LogP contribution in [0.5, 0.6) is 0 Å². The Balaban J connectivity index is 1.73. The van der Waals surface area contributed by atoms with Crippen LogP contribution in [0.1, 0.15) is 0 Å². The number of rotatable bonds is 5. The molecule has 0 aromatic carbocycles. The second-order valence-electron chi connectivity index (χ2n) is 4.43. The molecule has 2 aromatic heterocycles. The number of nitrogens with zero attached hydrogens (tertiary/aromatic N) is 5. The average Bonchev–Trinajstić information content (AvgIpc) is 3.08. The van der Waals surface area contributed by atoms with Crippen molar-refractivity contribution in [3.05, 3.63) is 18.5 Å². The Labute approximate surface area is 131 Å². The summed E-state index contributed by atoms with van der Waals surface area (Å²) in [6.07, 6.45) is 3.51. The van der Waals surface area contributed by atoms with Crippen molar-refractivity contribution in [3.8, 4) is 5.95 Å². The van der Waals surface area contributed by atoms with Crippen molar-refractivity contribution in [1.29, 1.82) is 0 Å². The second kappa shape index (κ2) is 6.99. The van der Waals surface area contributed by atoms with E-state index in [2.05, 4.69) is 30.7 Å². The number of hydrogen-bond donors (Lipinski definition) is 2. The van der Waals surface area contributed by atoms with Crippen LogP contribution in [0.25, 0.3) is 5.95 Å². The molecule has 3 heterocycles. The molecule has 1 aliphatic heterocycles. The van der Waals surface area contributed by atoms with Crippen LogP contribution in [0, 0.1) is 0 Å². The topological polar surface area (TPSA) is 80.5 Å². The maximum absolute atomic E-state index is 4.42. The van der Waals surface area contributed by atoms with Gasteiger partial charge in [0.25, 0.3) is 5.95 Å². The van der Waals surface area contributed by atoms with E-state index in [0.717, 1.165) is 6.54 Å². The highest BCUT2D eigenvalue weighted by molar-refractivity contribution is 8.06. The molecular weight excluding hydrogens is 306 g/mol. The van der Waals surface area contributed by atoms with Gasteiger partial charge in [-0.2, -0.15) is 43.6 Å². The summed E-state index contributed by atoms with van der Waals surface area (Å²) in [6, 6.07) is 1.84. The van der Waals surface area contributed by atoms with Gasteiger partial charge < -0.3 is 10.6 Å². The number of anilines is 2. The van der Waals surface area contributed by atoms with Gasteiger partial charge in [-0.3, -0.25) is 0 Å². The normalized spacial score (nSPS) is 18.4. The highest BCUT2D eigenvalue weighted by Gasteiger charge is 2.15. The summed E-state index contributed by atoms with van der Waals surface area (Å²) in [4.78, 5) is 13.1. The summed E-state index contributed by atoms with van der Waals surface area (Å²) in [5, 5.41) is 11.0. The van der Waals surface area contributed by atoms with E-state index < -0.39 is 0 Å². The highest BCUT2D eigenvalue weighted by Crippen LogP contribution is 2.24. The van der Waals surface area contributed by atoms with Crippen LogP contribution in [0.4, 0.5) is 11.9 Å². The smallest absolute Gasteiger partial charge is 0.257 e. The molecule has 1 fully saturated rings. The summed E-state index contributed by atoms with van der Waals surface area (Å²) >= 11 is 4.01. The van der Waals surface area contributed by atoms with Crippen LogP contribution in [0.3, 0.4) is 0 Å². The SMILES string of the molecule is CNc1nc(NCC2CSCCS2)nc(-n2cccn2)n1. The van der Waals surface area contributed by atoms with E-state index in [1.807, 2.05) is 35.8 Å². The summed E-state index contributed by atoms with van der Waals surface area (Å²) in [7, 11) is 1.79. The lowest BCUT2D eigenvalue weighted by Gasteiger charge is -2.21. The van der Waals surface area contributed by atoms with Crippen molar-refractivity contribution in [3.63, 3.8) is 0 Å². The Hall–Kier alpha value is -1.48. The molecule has 0 amide bonds. The zero-order valence-electron chi connectivity index (χ0n) is 11.7. The van der Waals surface area contributed by atoms with Crippen LogP contribution >= 0.6 is 23.5 Å². The largest absolute Gasteiger partial charge is 0.357 e. The molecule has 21 heavy (non-hydrogen) atoms. The fourth-order valence-electron chi connectivity index (χ4n) is 1.90. The van der Waals surface area contributed by atoms with Crippen molar-refractivity contribution in [2.45, 2.75) is 5.25 Å². The first-order valence-corrected chi connectivity index (χ1v) is 8.92. The van der Waals surface area contributed by atoms with E-state index in [0.29, 0.717) is 23.1 Å². The molecule has 0 aliphatic carbocycles. The molecule has 1 unspecified atom stereocenters. The van der Waals surface area contributed by atoms with E-state index in [4.69, 9.17) is 0 Å². The third-order valence-corrected chi connectivity index (χ3v) is 5.77. The fourth-order valence-corrected chi connectivity index (χ4v) is 4.52. The van der Waals surface area contributed by atoms with Crippen LogP contribution < -0.4 is 10.6 Å². The number of aromatic nitrogens is 5. The molecule has 1 aliphatic rings. The zero-order chi connectivity index (χ0) is 14.5. The predicted molar refractivity (Wildman–Crippen MR) is 88.6 cm³/mol. The first-order valence-electron chi connectivity index (χ1n) is 6.72. The molecule has 7 nitrogen and oxygen atoms in total. The third-order valence-electron chi connectivity index (χ3n) is 2.93. The Morgan fingerprint density at radius 2 is 2.19 bits per heavy atom. The van der Waals surface area contributed by atoms with E-state index in [1.165, 1.54) is 17.3 Å². The molecule has 1 saturated heterocycles. The highest BCUT2D eigenvalue weighted by atomic mass is 32.2. The van der Waals surface area contributed by atoms with Crippen molar-refractivity contribution in [2.75, 3.05) is 41.5 Å². The number of nitrogens with one attached hydrogen (secondary N) is 2. The van der Waals surface area contributed by atoms with Gasteiger partial charge in [0, 0.05) is 48.5 Å². The van der Waals surface area contributed by atoms with Gasteiger partial charge in [0.1, 0.15) is 0 Å². The van der Waals surface area contributed by atoms with Gasteiger partial charge in [-0.25, -0.2) is 4.68 Å². The van der Waals surface area contributed by atoms with Gasteiger partial charge in [0.05, 0.1) is 0 Å². The lowest BCUT2D eigenvalue weighted by atomic mass is 10.5. The van der Waals surface area contributed by atoms with E-state index in [9.17, 15) is 0 Å². The Kier molecular flexibility index (Phi) is 4.81. The van der Waals surface area contributed by atoms with E-state index in [-0.39, 0.29) is 0 Å². The summed E-state index contributed by atoms with van der Waals surface area (Å²) in [5.74, 6) is 5.26. The Bertz CT molecular complexity index is 569. The van der Waals surface area contributed by atoms with E-state index >= 15 is 0 Å². The average molecular weight is 323 g/mol. The number of hydrogen-bond acceptors (Lipinski definition) is 8. The third kappa shape index (κ3) is 3.79. The number of thioether (sulfide) groups is 2. The van der Waals surface area contributed by atoms with Crippen LogP contribution in [0.15, 0.2) is 18.5 Å². The van der Waals surface area contributed by atoms with Crippen molar-refractivity contribution in [2.24, 2.45) is 0 Å². The van der Waals surface area contributed by atoms with Gasteiger partial charge in [0.15, 0.2) is 0 Å². The minimum atomic E-state index is 0.507. The van der Waals surface area contributed by atoms with Crippen molar-refractivity contribution >= 4 is 35.4 Å². The quantitative estimate of drug-likeness (QED) is 0.854. The molecule has 2 aromatic rings. The van der Waals surface area contributed by atoms with Crippen molar-refractivity contribution < 1.29 is 0 Å². The molecule has 3 rings (SSSR count). The van der Waals surface area contributed by atoms with Crippen LogP contribution in [0.2, 0.25) is 0 Å². The maximum Gasteiger partial charge on any atom is 0.257 e. The summed E-state index contributed by atoms with van der Waals surface area (Å²) < 4.78 is 1.62. The molecule has 0 saturated carbocycles. The molecule has 0 bridgehead atoms. The lowest BCUT2D eigenvalue weighted by Crippen LogP contribution is -2.24. The maximum atomic E-state index is 4.42. The Morgan fingerprint density at radius 1 is 1.29 bits per heavy atom. The van der Waals surface area contributed by atoms with E-state index in [1.54, 1.807) is 17.9 Å². The van der Waals surface area contributed by atoms with Crippen LogP contribution in [-0.2, 0) is 0 Å². The van der Waals surface area contributed by atoms with Crippen molar-refractivity contribution in [1.82, 2.24) is 24.7 Å². The summed E-state index contributed by atoms with van der Waals surface area (Å²) in [6.45, 7) is 0.864. The minimum Gasteiger partial charge on any atom is -0.357 e. The lowest BCUT2D eigenvalue weighted by molar-refractivity contribution is 0.796. The van der Waals surface area contributed by atoms with Gasteiger partial charge in [-0.1, -0.05) is 0 Å². The summed E-state index contributed by atoms with van der Waals surface area (Å²) in [5.41, 5.74) is 0. The second-order valence-corrected chi connectivity index (χ2v) is 6.99. The fraction of sp³-hybridized carbons (Fsp3) is 0.500. The molecule has 2 N–H and O–H groups in total. The monoisotopic (exact) mass is 323 g/mol. The molecule has 9 heteroatoms. The minimum absolute atomic E-state index is 0.507. The van der Waals surface area contributed by atoms with Gasteiger partial charge >= 0.3 is 0 Å². The van der Waals surface area contributed by atoms with Crippen LogP contribution in [-0.4, -0.2) is 60.8 Å². The molecular formula is C12H17N7S2. The first kappa shape index (κ1) is 14.5.